The summed E-state index contributed by atoms with van der Waals surface area (Å²) in [6, 6.07) is 19.6. The molecule has 1 aliphatic rings. The van der Waals surface area contributed by atoms with Gasteiger partial charge in [0.1, 0.15) is 0 Å². The smallest absolute Gasteiger partial charge is 0.0361 e. The van der Waals surface area contributed by atoms with Gasteiger partial charge in [0, 0.05) is 9.58 Å². The van der Waals surface area contributed by atoms with E-state index < -0.39 is 0 Å². The maximum Gasteiger partial charge on any atom is 0.0361 e. The van der Waals surface area contributed by atoms with Gasteiger partial charge in [-0.25, -0.2) is 0 Å². The molecule has 1 aliphatic carbocycles. The summed E-state index contributed by atoms with van der Waals surface area (Å²) < 4.78 is 1.35. The Morgan fingerprint density at radius 2 is 1.59 bits per heavy atom. The molecule has 0 bridgehead atoms. The summed E-state index contributed by atoms with van der Waals surface area (Å²) in [6.45, 7) is 0. The molecule has 2 aromatic carbocycles. The molecule has 106 valence electrons. The average Bonchev–Trinajstić information content (AvgIpc) is 2.81. The van der Waals surface area contributed by atoms with Crippen molar-refractivity contribution in [3.8, 4) is 10.4 Å². The van der Waals surface area contributed by atoms with Crippen LogP contribution >= 0.6 is 11.3 Å². The lowest BCUT2D eigenvalue weighted by Crippen LogP contribution is -1.87. The number of allylic oxidation sites excluding steroid dienone is 6. The Labute approximate surface area is 134 Å². The molecule has 0 atom stereocenters. The molecule has 0 aliphatic heterocycles. The van der Waals surface area contributed by atoms with Gasteiger partial charge in [-0.15, -0.1) is 11.3 Å². The minimum Gasteiger partial charge on any atom is -0.135 e. The first kappa shape index (κ1) is 13.3. The highest BCUT2D eigenvalue weighted by atomic mass is 32.1. The van der Waals surface area contributed by atoms with Gasteiger partial charge < -0.3 is 0 Å². The highest BCUT2D eigenvalue weighted by Gasteiger charge is 2.11. The van der Waals surface area contributed by atoms with E-state index in [1.165, 1.54) is 31.7 Å². The molecule has 1 heteroatoms. The summed E-state index contributed by atoms with van der Waals surface area (Å²) in [4.78, 5) is 1.34. The molecule has 0 amide bonds. The van der Waals surface area contributed by atoms with E-state index in [1.807, 2.05) is 11.3 Å². The molecule has 22 heavy (non-hydrogen) atoms. The largest absolute Gasteiger partial charge is 0.135 e. The minimum absolute atomic E-state index is 0.981. The molecule has 0 nitrogen and oxygen atoms in total. The topological polar surface area (TPSA) is 0 Å². The molecule has 0 unspecified atom stereocenters. The van der Waals surface area contributed by atoms with Crippen LogP contribution in [0.4, 0.5) is 0 Å². The number of thiophene rings is 1. The standard InChI is InChI=1S/C21H16S/c1-2-4-10-16(9-3-1)18-12-6-7-13-19(18)21-15-17-11-5-8-14-20(17)22-21/h1-9,11-15H,10H2. The molecule has 0 fully saturated rings. The molecule has 0 radical (unpaired) electrons. The van der Waals surface area contributed by atoms with Crippen LogP contribution in [-0.2, 0) is 0 Å². The quantitative estimate of drug-likeness (QED) is 0.509. The third-order valence-corrected chi connectivity index (χ3v) is 5.11. The number of benzene rings is 2. The fourth-order valence-corrected chi connectivity index (χ4v) is 3.97. The maximum absolute atomic E-state index is 2.31. The van der Waals surface area contributed by atoms with Gasteiger partial charge in [0.15, 0.2) is 0 Å². The summed E-state index contributed by atoms with van der Waals surface area (Å²) in [5.41, 5.74) is 4.04. The van der Waals surface area contributed by atoms with Crippen LogP contribution in [0.3, 0.4) is 0 Å². The van der Waals surface area contributed by atoms with Gasteiger partial charge in [-0.05, 0) is 40.6 Å². The Balaban J connectivity index is 1.87. The van der Waals surface area contributed by atoms with Gasteiger partial charge in [-0.3, -0.25) is 0 Å². The zero-order valence-corrected chi connectivity index (χ0v) is 13.0. The predicted octanol–water partition coefficient (Wildman–Crippen LogP) is 6.47. The Morgan fingerprint density at radius 1 is 0.773 bits per heavy atom. The van der Waals surface area contributed by atoms with Crippen molar-refractivity contribution >= 4 is 27.0 Å². The summed E-state index contributed by atoms with van der Waals surface area (Å²) in [7, 11) is 0. The van der Waals surface area contributed by atoms with Crippen molar-refractivity contribution in [2.24, 2.45) is 0 Å². The summed E-state index contributed by atoms with van der Waals surface area (Å²) in [5.74, 6) is 0. The number of hydrogen-bond acceptors (Lipinski definition) is 1. The minimum atomic E-state index is 0.981. The molecule has 3 aromatic rings. The monoisotopic (exact) mass is 300 g/mol. The van der Waals surface area contributed by atoms with Crippen LogP contribution < -0.4 is 0 Å². The van der Waals surface area contributed by atoms with E-state index in [2.05, 4.69) is 85.0 Å². The number of fused-ring (bicyclic) bond motifs is 1. The molecule has 1 heterocycles. The van der Waals surface area contributed by atoms with Crippen LogP contribution in [-0.4, -0.2) is 0 Å². The van der Waals surface area contributed by atoms with Gasteiger partial charge in [-0.2, -0.15) is 0 Å². The van der Waals surface area contributed by atoms with Crippen LogP contribution in [0, 0.1) is 0 Å². The van der Waals surface area contributed by atoms with Crippen LogP contribution in [0.15, 0.2) is 85.0 Å². The highest BCUT2D eigenvalue weighted by Crippen LogP contribution is 2.38. The zero-order chi connectivity index (χ0) is 14.8. The molecular formula is C21H16S. The normalized spacial score (nSPS) is 14.1. The van der Waals surface area contributed by atoms with E-state index in [0.717, 1.165) is 6.42 Å². The number of hydrogen-bond donors (Lipinski definition) is 0. The van der Waals surface area contributed by atoms with Crippen molar-refractivity contribution in [1.29, 1.82) is 0 Å². The second-order valence-corrected chi connectivity index (χ2v) is 6.49. The zero-order valence-electron chi connectivity index (χ0n) is 12.2. The first-order valence-corrected chi connectivity index (χ1v) is 8.34. The molecular weight excluding hydrogens is 284 g/mol. The van der Waals surface area contributed by atoms with E-state index in [0.29, 0.717) is 0 Å². The van der Waals surface area contributed by atoms with Crippen LogP contribution in [0.1, 0.15) is 12.0 Å². The third-order valence-electron chi connectivity index (χ3n) is 3.96. The molecule has 0 spiro atoms. The lowest BCUT2D eigenvalue weighted by Gasteiger charge is -2.10. The Bertz CT molecular complexity index is 873. The molecule has 1 aromatic heterocycles. The third kappa shape index (κ3) is 2.44. The maximum atomic E-state index is 2.31. The second-order valence-electron chi connectivity index (χ2n) is 5.40. The second kappa shape index (κ2) is 5.78. The predicted molar refractivity (Wildman–Crippen MR) is 98.1 cm³/mol. The molecule has 0 saturated heterocycles. The van der Waals surface area contributed by atoms with Gasteiger partial charge in [0.25, 0.3) is 0 Å². The SMILES string of the molecule is C1=CC=C(c2ccccc2-c2cc3ccccc3s2)CC=C1. The summed E-state index contributed by atoms with van der Waals surface area (Å²) >= 11 is 1.87. The molecule has 4 rings (SSSR count). The van der Waals surface area contributed by atoms with E-state index in [-0.39, 0.29) is 0 Å². The Morgan fingerprint density at radius 3 is 2.50 bits per heavy atom. The first-order chi connectivity index (χ1) is 10.9. The lowest BCUT2D eigenvalue weighted by molar-refractivity contribution is 1.40. The van der Waals surface area contributed by atoms with Gasteiger partial charge in [0.05, 0.1) is 0 Å². The van der Waals surface area contributed by atoms with Crippen molar-refractivity contribution in [2.45, 2.75) is 6.42 Å². The van der Waals surface area contributed by atoms with E-state index in [9.17, 15) is 0 Å². The van der Waals surface area contributed by atoms with Crippen LogP contribution in [0.5, 0.6) is 0 Å². The fraction of sp³-hybridized carbons (Fsp3) is 0.0476. The van der Waals surface area contributed by atoms with Crippen molar-refractivity contribution in [3.05, 3.63) is 90.5 Å². The number of rotatable bonds is 2. The van der Waals surface area contributed by atoms with Crippen LogP contribution in [0.2, 0.25) is 0 Å². The van der Waals surface area contributed by atoms with E-state index in [4.69, 9.17) is 0 Å². The Hall–Kier alpha value is -2.38. The van der Waals surface area contributed by atoms with Crippen molar-refractivity contribution in [1.82, 2.24) is 0 Å². The summed E-state index contributed by atoms with van der Waals surface area (Å²) in [6.07, 6.45) is 11.8. The van der Waals surface area contributed by atoms with Crippen molar-refractivity contribution in [3.63, 3.8) is 0 Å². The Kier molecular flexibility index (Phi) is 3.49. The first-order valence-electron chi connectivity index (χ1n) is 7.52. The highest BCUT2D eigenvalue weighted by molar-refractivity contribution is 7.22. The van der Waals surface area contributed by atoms with E-state index >= 15 is 0 Å². The molecule has 0 saturated carbocycles. The van der Waals surface area contributed by atoms with Gasteiger partial charge in [-0.1, -0.05) is 72.8 Å². The summed E-state index contributed by atoms with van der Waals surface area (Å²) in [5, 5.41) is 1.33. The van der Waals surface area contributed by atoms with Crippen LogP contribution in [0.25, 0.3) is 26.1 Å². The van der Waals surface area contributed by atoms with E-state index in [1.54, 1.807) is 0 Å². The van der Waals surface area contributed by atoms with Crippen molar-refractivity contribution in [2.75, 3.05) is 0 Å². The lowest BCUT2D eigenvalue weighted by atomic mass is 9.96. The fourth-order valence-electron chi connectivity index (χ4n) is 2.87. The van der Waals surface area contributed by atoms with Crippen molar-refractivity contribution < 1.29 is 0 Å². The van der Waals surface area contributed by atoms with Gasteiger partial charge >= 0.3 is 0 Å². The average molecular weight is 300 g/mol. The van der Waals surface area contributed by atoms with Gasteiger partial charge in [0.2, 0.25) is 0 Å². The molecule has 0 N–H and O–H groups in total.